The van der Waals surface area contributed by atoms with E-state index in [-0.39, 0.29) is 12.4 Å². The zero-order valence-electron chi connectivity index (χ0n) is 11.4. The van der Waals surface area contributed by atoms with E-state index in [1.54, 1.807) is 13.1 Å². The third-order valence-corrected chi connectivity index (χ3v) is 3.75. The van der Waals surface area contributed by atoms with Crippen molar-refractivity contribution in [2.45, 2.75) is 13.3 Å². The lowest BCUT2D eigenvalue weighted by molar-refractivity contribution is -0.142. The lowest BCUT2D eigenvalue weighted by Gasteiger charge is -1.98. The zero-order chi connectivity index (χ0) is 15.1. The molecule has 110 valence electrons. The number of aromatic nitrogens is 1. The Hall–Kier alpha value is -1.73. The van der Waals surface area contributed by atoms with Crippen molar-refractivity contribution in [1.29, 1.82) is 0 Å². The molecule has 0 atom stereocenters. The van der Waals surface area contributed by atoms with Gasteiger partial charge in [-0.15, -0.1) is 11.3 Å². The number of hydrazone groups is 1. The molecule has 21 heavy (non-hydrogen) atoms. The maximum absolute atomic E-state index is 11.3. The number of benzene rings is 1. The molecule has 0 saturated carbocycles. The Bertz CT molecular complexity index is 625. The van der Waals surface area contributed by atoms with Crippen molar-refractivity contribution in [3.63, 3.8) is 0 Å². The minimum absolute atomic E-state index is 0.183. The molecule has 1 aromatic heterocycles. The summed E-state index contributed by atoms with van der Waals surface area (Å²) in [5.41, 5.74) is 4.51. The van der Waals surface area contributed by atoms with Gasteiger partial charge in [-0.1, -0.05) is 28.1 Å². The third-order valence-electron chi connectivity index (χ3n) is 2.43. The second kappa shape index (κ2) is 7.90. The van der Waals surface area contributed by atoms with E-state index in [2.05, 4.69) is 31.4 Å². The molecule has 0 aliphatic heterocycles. The summed E-state index contributed by atoms with van der Waals surface area (Å²) in [5.74, 6) is -0.271. The molecule has 7 heteroatoms. The minimum Gasteiger partial charge on any atom is -0.466 e. The summed E-state index contributed by atoms with van der Waals surface area (Å²) < 4.78 is 5.90. The molecule has 0 aliphatic rings. The summed E-state index contributed by atoms with van der Waals surface area (Å²) in [6.07, 6.45) is 1.89. The van der Waals surface area contributed by atoms with Crippen LogP contribution in [-0.4, -0.2) is 23.8 Å². The van der Waals surface area contributed by atoms with Crippen LogP contribution in [-0.2, 0) is 16.0 Å². The van der Waals surface area contributed by atoms with Crippen molar-refractivity contribution in [3.8, 4) is 0 Å². The number of anilines is 1. The average molecular weight is 368 g/mol. The van der Waals surface area contributed by atoms with E-state index < -0.39 is 0 Å². The van der Waals surface area contributed by atoms with E-state index >= 15 is 0 Å². The van der Waals surface area contributed by atoms with Crippen LogP contribution in [0.25, 0.3) is 0 Å². The Labute approximate surface area is 135 Å². The molecule has 2 rings (SSSR count). The van der Waals surface area contributed by atoms with Crippen molar-refractivity contribution < 1.29 is 9.53 Å². The second-order valence-corrected chi connectivity index (χ2v) is 5.82. The summed E-state index contributed by atoms with van der Waals surface area (Å²) in [7, 11) is 0. The normalized spacial score (nSPS) is 10.8. The monoisotopic (exact) mass is 367 g/mol. The van der Waals surface area contributed by atoms with Gasteiger partial charge in [-0.3, -0.25) is 10.2 Å². The highest BCUT2D eigenvalue weighted by Gasteiger charge is 2.07. The highest BCUT2D eigenvalue weighted by Crippen LogP contribution is 2.16. The van der Waals surface area contributed by atoms with E-state index in [0.717, 1.165) is 10.0 Å². The SMILES string of the molecule is CCOC(=O)Cc1csc(N/N=C/c2ccc(Br)cc2)n1. The first-order valence-corrected chi connectivity index (χ1v) is 7.99. The van der Waals surface area contributed by atoms with Crippen molar-refractivity contribution in [1.82, 2.24) is 4.98 Å². The number of nitrogens with zero attached hydrogens (tertiary/aromatic N) is 2. The summed E-state index contributed by atoms with van der Waals surface area (Å²) in [4.78, 5) is 15.6. The molecule has 1 N–H and O–H groups in total. The van der Waals surface area contributed by atoms with Gasteiger partial charge in [0.05, 0.1) is 24.9 Å². The largest absolute Gasteiger partial charge is 0.466 e. The maximum Gasteiger partial charge on any atom is 0.311 e. The number of carbonyl (C=O) groups excluding carboxylic acids is 1. The topological polar surface area (TPSA) is 63.6 Å². The highest BCUT2D eigenvalue weighted by atomic mass is 79.9. The van der Waals surface area contributed by atoms with Crippen molar-refractivity contribution in [2.75, 3.05) is 12.0 Å². The fourth-order valence-electron chi connectivity index (χ4n) is 1.51. The predicted octanol–water partition coefficient (Wildman–Crippen LogP) is 3.46. The molecular formula is C14H14BrN3O2S. The van der Waals surface area contributed by atoms with Crippen LogP contribution in [0.1, 0.15) is 18.2 Å². The number of carbonyl (C=O) groups is 1. The molecule has 0 bridgehead atoms. The molecule has 0 saturated heterocycles. The van der Waals surface area contributed by atoms with Crippen LogP contribution in [0.5, 0.6) is 0 Å². The van der Waals surface area contributed by atoms with Gasteiger partial charge >= 0.3 is 5.97 Å². The van der Waals surface area contributed by atoms with Crippen molar-refractivity contribution >= 4 is 44.6 Å². The fourth-order valence-corrected chi connectivity index (χ4v) is 2.43. The molecule has 5 nitrogen and oxygen atoms in total. The molecular weight excluding hydrogens is 354 g/mol. The van der Waals surface area contributed by atoms with Crippen molar-refractivity contribution in [3.05, 3.63) is 45.4 Å². The summed E-state index contributed by atoms with van der Waals surface area (Å²) in [5, 5.41) is 6.57. The number of hydrogen-bond donors (Lipinski definition) is 1. The van der Waals surface area contributed by atoms with E-state index in [1.807, 2.05) is 29.6 Å². The Kier molecular flexibility index (Phi) is 5.89. The van der Waals surface area contributed by atoms with Gasteiger partial charge in [-0.25, -0.2) is 4.98 Å². The molecule has 1 heterocycles. The first kappa shape index (κ1) is 15.7. The van der Waals surface area contributed by atoms with Crippen LogP contribution in [0.15, 0.2) is 39.2 Å². The molecule has 0 unspecified atom stereocenters. The fraction of sp³-hybridized carbons (Fsp3) is 0.214. The summed E-state index contributed by atoms with van der Waals surface area (Å²) >= 11 is 4.77. The summed E-state index contributed by atoms with van der Waals surface area (Å²) in [6.45, 7) is 2.16. The second-order valence-electron chi connectivity index (χ2n) is 4.05. The van der Waals surface area contributed by atoms with Crippen LogP contribution < -0.4 is 5.43 Å². The number of rotatable bonds is 6. The van der Waals surface area contributed by atoms with E-state index in [1.165, 1.54) is 11.3 Å². The molecule has 0 fully saturated rings. The maximum atomic E-state index is 11.3. The number of thiazole rings is 1. The van der Waals surface area contributed by atoms with Crippen LogP contribution in [0, 0.1) is 0 Å². The summed E-state index contributed by atoms with van der Waals surface area (Å²) in [6, 6.07) is 7.79. The smallest absolute Gasteiger partial charge is 0.311 e. The Morgan fingerprint density at radius 2 is 2.24 bits per heavy atom. The number of esters is 1. The quantitative estimate of drug-likeness (QED) is 0.482. The minimum atomic E-state index is -0.271. The first-order valence-electron chi connectivity index (χ1n) is 6.32. The predicted molar refractivity (Wildman–Crippen MR) is 87.8 cm³/mol. The Balaban J connectivity index is 1.87. The lowest BCUT2D eigenvalue weighted by Crippen LogP contribution is -2.07. The lowest BCUT2D eigenvalue weighted by atomic mass is 10.2. The van der Waals surface area contributed by atoms with Gasteiger partial charge in [-0.2, -0.15) is 5.10 Å². The van der Waals surface area contributed by atoms with E-state index in [9.17, 15) is 4.79 Å². The van der Waals surface area contributed by atoms with Gasteiger partial charge in [0.15, 0.2) is 0 Å². The molecule has 0 radical (unpaired) electrons. The van der Waals surface area contributed by atoms with E-state index in [4.69, 9.17) is 4.74 Å². The van der Waals surface area contributed by atoms with E-state index in [0.29, 0.717) is 17.4 Å². The molecule has 0 aliphatic carbocycles. The first-order chi connectivity index (χ1) is 10.2. The third kappa shape index (κ3) is 5.28. The zero-order valence-corrected chi connectivity index (χ0v) is 13.8. The van der Waals surface area contributed by atoms with Gasteiger partial charge in [0, 0.05) is 9.85 Å². The van der Waals surface area contributed by atoms with Gasteiger partial charge in [0.2, 0.25) is 5.13 Å². The highest BCUT2D eigenvalue weighted by molar-refractivity contribution is 9.10. The number of ether oxygens (including phenoxy) is 1. The number of halogens is 1. The molecule has 1 aromatic carbocycles. The van der Waals surface area contributed by atoms with Gasteiger partial charge < -0.3 is 4.74 Å². The van der Waals surface area contributed by atoms with Crippen LogP contribution >= 0.6 is 27.3 Å². The Morgan fingerprint density at radius 3 is 2.95 bits per heavy atom. The molecule has 2 aromatic rings. The van der Waals surface area contributed by atoms with Crippen LogP contribution in [0.4, 0.5) is 5.13 Å². The van der Waals surface area contributed by atoms with Crippen LogP contribution in [0.2, 0.25) is 0 Å². The van der Waals surface area contributed by atoms with Gasteiger partial charge in [-0.05, 0) is 24.6 Å². The number of nitrogens with one attached hydrogen (secondary N) is 1. The van der Waals surface area contributed by atoms with Gasteiger partial charge in [0.25, 0.3) is 0 Å². The van der Waals surface area contributed by atoms with Gasteiger partial charge in [0.1, 0.15) is 0 Å². The molecule has 0 amide bonds. The standard InChI is InChI=1S/C14H14BrN3O2S/c1-2-20-13(19)7-12-9-21-14(17-12)18-16-8-10-3-5-11(15)6-4-10/h3-6,8-9H,2,7H2,1H3,(H,17,18)/b16-8+. The van der Waals surface area contributed by atoms with Crippen LogP contribution in [0.3, 0.4) is 0 Å². The van der Waals surface area contributed by atoms with Crippen molar-refractivity contribution in [2.24, 2.45) is 5.10 Å². The Morgan fingerprint density at radius 1 is 1.48 bits per heavy atom. The average Bonchev–Trinajstić information content (AvgIpc) is 2.89. The molecule has 0 spiro atoms. The number of hydrogen-bond acceptors (Lipinski definition) is 6.